The molecule has 0 radical (unpaired) electrons. The summed E-state index contributed by atoms with van der Waals surface area (Å²) >= 11 is 1.88. The Balaban J connectivity index is 0.000000686. The molecule has 2 rings (SSSR count). The van der Waals surface area contributed by atoms with Crippen LogP contribution in [-0.2, 0) is 6.42 Å². The van der Waals surface area contributed by atoms with E-state index in [0.717, 1.165) is 0 Å². The van der Waals surface area contributed by atoms with Crippen molar-refractivity contribution in [1.29, 1.82) is 0 Å². The fraction of sp³-hybridized carbons (Fsp3) is 0.375. The van der Waals surface area contributed by atoms with Gasteiger partial charge in [0.2, 0.25) is 0 Å². The smallest absolute Gasteiger partial charge is 0.0348 e. The van der Waals surface area contributed by atoms with E-state index in [1.807, 2.05) is 25.2 Å². The summed E-state index contributed by atoms with van der Waals surface area (Å²) in [7, 11) is 0. The Morgan fingerprint density at radius 3 is 2.29 bits per heavy atom. The SMILES string of the molecule is CC.CCCc1ccccc1-c1ccc(C)s1. The van der Waals surface area contributed by atoms with Crippen LogP contribution in [0.4, 0.5) is 0 Å². The molecule has 0 aliphatic rings. The lowest BCUT2D eigenvalue weighted by atomic mass is 10.0. The van der Waals surface area contributed by atoms with Gasteiger partial charge in [-0.05, 0) is 36.6 Å². The second kappa shape index (κ2) is 7.29. The molecule has 17 heavy (non-hydrogen) atoms. The fourth-order valence-corrected chi connectivity index (χ4v) is 2.76. The number of hydrogen-bond donors (Lipinski definition) is 0. The van der Waals surface area contributed by atoms with Gasteiger partial charge in [0, 0.05) is 9.75 Å². The highest BCUT2D eigenvalue weighted by Crippen LogP contribution is 2.30. The number of thiophene rings is 1. The molecule has 1 heteroatoms. The Kier molecular flexibility index (Phi) is 5.99. The molecule has 2 aromatic rings. The molecule has 0 aliphatic carbocycles. The topological polar surface area (TPSA) is 0 Å². The van der Waals surface area contributed by atoms with E-state index >= 15 is 0 Å². The van der Waals surface area contributed by atoms with Crippen LogP contribution in [0.15, 0.2) is 36.4 Å². The summed E-state index contributed by atoms with van der Waals surface area (Å²) < 4.78 is 0. The van der Waals surface area contributed by atoms with E-state index in [4.69, 9.17) is 0 Å². The molecule has 1 heterocycles. The summed E-state index contributed by atoms with van der Waals surface area (Å²) in [4.78, 5) is 2.79. The van der Waals surface area contributed by atoms with Crippen LogP contribution in [0.1, 0.15) is 37.6 Å². The molecule has 0 unspecified atom stereocenters. The first-order valence-electron chi connectivity index (χ1n) is 6.46. The molecule has 0 amide bonds. The predicted molar refractivity (Wildman–Crippen MR) is 79.8 cm³/mol. The minimum absolute atomic E-state index is 1.17. The Morgan fingerprint density at radius 2 is 1.71 bits per heavy atom. The first kappa shape index (κ1) is 14.0. The van der Waals surface area contributed by atoms with Crippen molar-refractivity contribution in [3.8, 4) is 10.4 Å². The highest BCUT2D eigenvalue weighted by molar-refractivity contribution is 7.15. The molecule has 0 spiro atoms. The molecule has 92 valence electrons. The van der Waals surface area contributed by atoms with Crippen LogP contribution in [0, 0.1) is 6.92 Å². The molecule has 0 bridgehead atoms. The van der Waals surface area contributed by atoms with Crippen LogP contribution in [0.3, 0.4) is 0 Å². The summed E-state index contributed by atoms with van der Waals surface area (Å²) in [6.07, 6.45) is 2.38. The lowest BCUT2D eigenvalue weighted by Gasteiger charge is -2.05. The monoisotopic (exact) mass is 246 g/mol. The van der Waals surface area contributed by atoms with Crippen LogP contribution < -0.4 is 0 Å². The van der Waals surface area contributed by atoms with E-state index in [1.54, 1.807) is 0 Å². The zero-order valence-electron chi connectivity index (χ0n) is 11.3. The van der Waals surface area contributed by atoms with E-state index in [2.05, 4.69) is 50.2 Å². The van der Waals surface area contributed by atoms with Crippen LogP contribution in [0.2, 0.25) is 0 Å². The molecule has 0 nitrogen and oxygen atoms in total. The van der Waals surface area contributed by atoms with Gasteiger partial charge in [-0.15, -0.1) is 11.3 Å². The number of rotatable bonds is 3. The number of benzene rings is 1. The molecule has 1 aromatic heterocycles. The number of hydrogen-bond acceptors (Lipinski definition) is 1. The van der Waals surface area contributed by atoms with Gasteiger partial charge in [0.05, 0.1) is 0 Å². The van der Waals surface area contributed by atoms with E-state index < -0.39 is 0 Å². The summed E-state index contributed by atoms with van der Waals surface area (Å²) in [6, 6.07) is 13.2. The normalized spacial score (nSPS) is 9.65. The minimum Gasteiger partial charge on any atom is -0.141 e. The maximum absolute atomic E-state index is 2.24. The fourth-order valence-electron chi connectivity index (χ4n) is 1.83. The molecule has 1 aromatic carbocycles. The van der Waals surface area contributed by atoms with Crippen molar-refractivity contribution >= 4 is 11.3 Å². The van der Waals surface area contributed by atoms with Crippen molar-refractivity contribution in [1.82, 2.24) is 0 Å². The Labute approximate surface area is 109 Å². The summed E-state index contributed by atoms with van der Waals surface area (Å²) in [5, 5.41) is 0. The Hall–Kier alpha value is -1.08. The van der Waals surface area contributed by atoms with Gasteiger partial charge in [0.25, 0.3) is 0 Å². The number of aryl methyl sites for hydroxylation is 2. The second-order valence-corrected chi connectivity index (χ2v) is 5.11. The van der Waals surface area contributed by atoms with Gasteiger partial charge in [-0.2, -0.15) is 0 Å². The van der Waals surface area contributed by atoms with Crippen LogP contribution >= 0.6 is 11.3 Å². The quantitative estimate of drug-likeness (QED) is 0.651. The van der Waals surface area contributed by atoms with Gasteiger partial charge in [0.1, 0.15) is 0 Å². The molecule has 0 aliphatic heterocycles. The van der Waals surface area contributed by atoms with Crippen molar-refractivity contribution in [3.05, 3.63) is 46.8 Å². The van der Waals surface area contributed by atoms with Crippen molar-refractivity contribution in [3.63, 3.8) is 0 Å². The Morgan fingerprint density at radius 1 is 1.00 bits per heavy atom. The maximum atomic E-state index is 2.24. The van der Waals surface area contributed by atoms with Crippen molar-refractivity contribution in [2.75, 3.05) is 0 Å². The van der Waals surface area contributed by atoms with Gasteiger partial charge in [0.15, 0.2) is 0 Å². The highest BCUT2D eigenvalue weighted by Gasteiger charge is 2.05. The zero-order chi connectivity index (χ0) is 12.7. The zero-order valence-corrected chi connectivity index (χ0v) is 12.1. The summed E-state index contributed by atoms with van der Waals surface area (Å²) in [5.41, 5.74) is 2.89. The molecule has 0 atom stereocenters. The standard InChI is InChI=1S/C14H16S.C2H6/c1-3-6-12-7-4-5-8-13(12)14-10-9-11(2)15-14;1-2/h4-5,7-10H,3,6H2,1-2H3;1-2H3. The second-order valence-electron chi connectivity index (χ2n) is 3.82. The third kappa shape index (κ3) is 3.71. The molecular weight excluding hydrogens is 224 g/mol. The third-order valence-electron chi connectivity index (χ3n) is 2.54. The summed E-state index contributed by atoms with van der Waals surface area (Å²) in [6.45, 7) is 8.40. The summed E-state index contributed by atoms with van der Waals surface area (Å²) in [5.74, 6) is 0. The first-order valence-corrected chi connectivity index (χ1v) is 7.27. The predicted octanol–water partition coefficient (Wildman–Crippen LogP) is 5.70. The molecule has 0 fully saturated rings. The van der Waals surface area contributed by atoms with Crippen molar-refractivity contribution < 1.29 is 0 Å². The van der Waals surface area contributed by atoms with Gasteiger partial charge >= 0.3 is 0 Å². The van der Waals surface area contributed by atoms with E-state index in [1.165, 1.54) is 33.7 Å². The average molecular weight is 246 g/mol. The Bertz CT molecular complexity index is 440. The van der Waals surface area contributed by atoms with Crippen LogP contribution in [-0.4, -0.2) is 0 Å². The van der Waals surface area contributed by atoms with Gasteiger partial charge in [-0.3, -0.25) is 0 Å². The van der Waals surface area contributed by atoms with Gasteiger partial charge in [-0.25, -0.2) is 0 Å². The van der Waals surface area contributed by atoms with Crippen molar-refractivity contribution in [2.24, 2.45) is 0 Å². The molecular formula is C16H22S. The highest BCUT2D eigenvalue weighted by atomic mass is 32.1. The molecule has 0 saturated heterocycles. The average Bonchev–Trinajstić information content (AvgIpc) is 2.79. The lowest BCUT2D eigenvalue weighted by Crippen LogP contribution is -1.86. The van der Waals surface area contributed by atoms with E-state index in [-0.39, 0.29) is 0 Å². The minimum atomic E-state index is 1.17. The maximum Gasteiger partial charge on any atom is 0.0348 e. The van der Waals surface area contributed by atoms with Crippen molar-refractivity contribution in [2.45, 2.75) is 40.5 Å². The van der Waals surface area contributed by atoms with Gasteiger partial charge < -0.3 is 0 Å². The van der Waals surface area contributed by atoms with Gasteiger partial charge in [-0.1, -0.05) is 51.5 Å². The van der Waals surface area contributed by atoms with Crippen LogP contribution in [0.5, 0.6) is 0 Å². The van der Waals surface area contributed by atoms with E-state index in [9.17, 15) is 0 Å². The largest absolute Gasteiger partial charge is 0.141 e. The first-order chi connectivity index (χ1) is 8.31. The molecule has 0 saturated carbocycles. The third-order valence-corrected chi connectivity index (χ3v) is 3.58. The molecule has 0 N–H and O–H groups in total. The lowest BCUT2D eigenvalue weighted by molar-refractivity contribution is 0.924. The van der Waals surface area contributed by atoms with Crippen LogP contribution in [0.25, 0.3) is 10.4 Å². The van der Waals surface area contributed by atoms with E-state index in [0.29, 0.717) is 0 Å².